The van der Waals surface area contributed by atoms with Crippen molar-refractivity contribution < 1.29 is 8.42 Å². The van der Waals surface area contributed by atoms with Gasteiger partial charge in [0.1, 0.15) is 0 Å². The topological polar surface area (TPSA) is 67.2 Å². The molecule has 4 rings (SSSR count). The van der Waals surface area contributed by atoms with Gasteiger partial charge in [-0.3, -0.25) is 0 Å². The number of nitrogens with one attached hydrogen (secondary N) is 1. The van der Waals surface area contributed by atoms with Gasteiger partial charge in [-0.2, -0.15) is 4.31 Å². The average Bonchev–Trinajstić information content (AvgIpc) is 3.16. The van der Waals surface area contributed by atoms with E-state index >= 15 is 0 Å². The molecule has 1 aromatic carbocycles. The fraction of sp³-hybridized carbons (Fsp3) is 0.471. The molecule has 8 heteroatoms. The zero-order chi connectivity index (χ0) is 17.6. The Hall–Kier alpha value is -1.57. The molecule has 2 aromatic rings. The van der Waals surface area contributed by atoms with Crippen LogP contribution in [0, 0.1) is 11.8 Å². The minimum absolute atomic E-state index is 0.0875. The molecule has 0 bridgehead atoms. The molecule has 1 N–H and O–H groups in total. The largest absolute Gasteiger partial charge is 0.381 e. The summed E-state index contributed by atoms with van der Waals surface area (Å²) in [6, 6.07) is 7.66. The number of halogens is 1. The van der Waals surface area contributed by atoms with Crippen molar-refractivity contribution in [3.63, 3.8) is 0 Å². The monoisotopic (exact) mass is 380 g/mol. The first-order chi connectivity index (χ1) is 11.9. The van der Waals surface area contributed by atoms with E-state index in [2.05, 4.69) is 10.3 Å². The second kappa shape index (κ2) is 6.30. The Kier molecular flexibility index (Phi) is 4.25. The van der Waals surface area contributed by atoms with Crippen molar-refractivity contribution in [2.45, 2.75) is 23.9 Å². The molecule has 0 amide bonds. The lowest BCUT2D eigenvalue weighted by molar-refractivity contribution is 0.431. The Morgan fingerprint density at radius 2 is 2.08 bits per heavy atom. The summed E-state index contributed by atoms with van der Waals surface area (Å²) in [6.07, 6.45) is 5.42. The lowest BCUT2D eigenvalue weighted by Gasteiger charge is -2.20. The molecule has 25 heavy (non-hydrogen) atoms. The van der Waals surface area contributed by atoms with Crippen LogP contribution in [-0.2, 0) is 17.1 Å². The smallest absolute Gasteiger partial charge is 0.262 e. The maximum atomic E-state index is 12.9. The summed E-state index contributed by atoms with van der Waals surface area (Å²) in [5, 5.41) is 4.28. The lowest BCUT2D eigenvalue weighted by atomic mass is 9.98. The summed E-state index contributed by atoms with van der Waals surface area (Å²) in [5.41, 5.74) is 0.931. The van der Waals surface area contributed by atoms with Gasteiger partial charge in [0.15, 0.2) is 5.03 Å². The van der Waals surface area contributed by atoms with Crippen LogP contribution >= 0.6 is 11.6 Å². The van der Waals surface area contributed by atoms with Gasteiger partial charge in [0.05, 0.1) is 6.33 Å². The van der Waals surface area contributed by atoms with Gasteiger partial charge in [0.2, 0.25) is 0 Å². The van der Waals surface area contributed by atoms with Gasteiger partial charge in [-0.15, -0.1) is 0 Å². The molecule has 1 saturated carbocycles. The van der Waals surface area contributed by atoms with Crippen molar-refractivity contribution in [3.05, 3.63) is 41.8 Å². The van der Waals surface area contributed by atoms with Crippen LogP contribution in [-0.4, -0.2) is 41.4 Å². The van der Waals surface area contributed by atoms with E-state index in [1.807, 2.05) is 24.3 Å². The number of sulfonamides is 1. The molecule has 0 radical (unpaired) electrons. The van der Waals surface area contributed by atoms with E-state index in [1.165, 1.54) is 19.2 Å². The Morgan fingerprint density at radius 3 is 2.72 bits per heavy atom. The Balaban J connectivity index is 1.56. The summed E-state index contributed by atoms with van der Waals surface area (Å²) in [5.74, 6) is 0.915. The molecule has 2 aliphatic rings. The third kappa shape index (κ3) is 3.41. The van der Waals surface area contributed by atoms with E-state index in [1.54, 1.807) is 22.1 Å². The van der Waals surface area contributed by atoms with E-state index in [-0.39, 0.29) is 11.1 Å². The highest BCUT2D eigenvalue weighted by molar-refractivity contribution is 7.89. The standard InChI is InChI=1S/C17H21ClN4O2S/c1-21-10-17(19-11-21)25(23,24)22-8-15(12-5-6-12)16(9-22)20-14-4-2-3-13(18)7-14/h2-4,7,10-12,15-16,20H,5-6,8-9H2,1H3/t15-,16+/m1/s1. The fourth-order valence-corrected chi connectivity index (χ4v) is 5.25. The van der Waals surface area contributed by atoms with Crippen LogP contribution in [0.2, 0.25) is 5.02 Å². The van der Waals surface area contributed by atoms with Gasteiger partial charge < -0.3 is 9.88 Å². The Morgan fingerprint density at radius 1 is 1.28 bits per heavy atom. The first-order valence-electron chi connectivity index (χ1n) is 8.44. The Bertz CT molecular complexity index is 878. The van der Waals surface area contributed by atoms with E-state index in [4.69, 9.17) is 11.6 Å². The van der Waals surface area contributed by atoms with Crippen LogP contribution in [0.15, 0.2) is 41.8 Å². The van der Waals surface area contributed by atoms with Crippen molar-refractivity contribution >= 4 is 27.3 Å². The molecular formula is C17H21ClN4O2S. The quantitative estimate of drug-likeness (QED) is 0.865. The number of hydrogen-bond donors (Lipinski definition) is 1. The van der Waals surface area contributed by atoms with E-state index in [9.17, 15) is 8.42 Å². The molecule has 6 nitrogen and oxygen atoms in total. The third-order valence-corrected chi connectivity index (χ3v) is 6.97. The van der Waals surface area contributed by atoms with Crippen molar-refractivity contribution in [1.82, 2.24) is 13.9 Å². The van der Waals surface area contributed by atoms with Crippen molar-refractivity contribution in [1.29, 1.82) is 0 Å². The number of hydrogen-bond acceptors (Lipinski definition) is 4. The van der Waals surface area contributed by atoms with Crippen LogP contribution in [0.3, 0.4) is 0 Å². The van der Waals surface area contributed by atoms with E-state index in [0.29, 0.717) is 29.9 Å². The molecule has 2 atom stereocenters. The van der Waals surface area contributed by atoms with Gasteiger partial charge in [-0.25, -0.2) is 13.4 Å². The maximum Gasteiger partial charge on any atom is 0.262 e. The summed E-state index contributed by atoms with van der Waals surface area (Å²) >= 11 is 6.07. The number of nitrogens with zero attached hydrogens (tertiary/aromatic N) is 3. The van der Waals surface area contributed by atoms with E-state index < -0.39 is 10.0 Å². The third-order valence-electron chi connectivity index (χ3n) is 5.02. The first kappa shape index (κ1) is 16.9. The summed E-state index contributed by atoms with van der Waals surface area (Å²) in [6.45, 7) is 0.994. The fourth-order valence-electron chi connectivity index (χ4n) is 3.59. The molecule has 1 aliphatic carbocycles. The molecular weight excluding hydrogens is 360 g/mol. The second-order valence-electron chi connectivity index (χ2n) is 6.96. The van der Waals surface area contributed by atoms with Gasteiger partial charge >= 0.3 is 0 Å². The number of rotatable bonds is 5. The van der Waals surface area contributed by atoms with Crippen molar-refractivity contribution in [2.24, 2.45) is 18.9 Å². The van der Waals surface area contributed by atoms with Gasteiger partial charge in [0, 0.05) is 43.1 Å². The van der Waals surface area contributed by atoms with Crippen molar-refractivity contribution in [2.75, 3.05) is 18.4 Å². The number of benzene rings is 1. The predicted molar refractivity (Wildman–Crippen MR) is 97.0 cm³/mol. The second-order valence-corrected chi connectivity index (χ2v) is 9.28. The molecule has 2 heterocycles. The van der Waals surface area contributed by atoms with Crippen LogP contribution in [0.4, 0.5) is 5.69 Å². The van der Waals surface area contributed by atoms with Gasteiger partial charge in [-0.1, -0.05) is 17.7 Å². The molecule has 0 spiro atoms. The van der Waals surface area contributed by atoms with Crippen LogP contribution in [0.5, 0.6) is 0 Å². The highest BCUT2D eigenvalue weighted by Crippen LogP contribution is 2.43. The van der Waals surface area contributed by atoms with Gasteiger partial charge in [0.25, 0.3) is 10.0 Å². The van der Waals surface area contributed by atoms with Crippen LogP contribution in [0.25, 0.3) is 0 Å². The molecule has 1 aromatic heterocycles. The van der Waals surface area contributed by atoms with Crippen LogP contribution in [0.1, 0.15) is 12.8 Å². The summed E-state index contributed by atoms with van der Waals surface area (Å²) in [4.78, 5) is 4.03. The summed E-state index contributed by atoms with van der Waals surface area (Å²) < 4.78 is 29.0. The molecule has 134 valence electrons. The number of anilines is 1. The predicted octanol–water partition coefficient (Wildman–Crippen LogP) is 2.58. The zero-order valence-corrected chi connectivity index (χ0v) is 15.5. The number of aromatic nitrogens is 2. The Labute approximate surface area is 152 Å². The lowest BCUT2D eigenvalue weighted by Crippen LogP contribution is -2.32. The minimum Gasteiger partial charge on any atom is -0.381 e. The average molecular weight is 381 g/mol. The van der Waals surface area contributed by atoms with Crippen molar-refractivity contribution in [3.8, 4) is 0 Å². The maximum absolute atomic E-state index is 12.9. The summed E-state index contributed by atoms with van der Waals surface area (Å²) in [7, 11) is -1.78. The molecule has 2 fully saturated rings. The SMILES string of the molecule is Cn1cnc(S(=O)(=O)N2C[C@H](Nc3cccc(Cl)c3)[C@@H](C3CC3)C2)c1. The molecule has 1 saturated heterocycles. The van der Waals surface area contributed by atoms with E-state index in [0.717, 1.165) is 5.69 Å². The van der Waals surface area contributed by atoms with Gasteiger partial charge in [-0.05, 0) is 42.9 Å². The van der Waals surface area contributed by atoms with Crippen LogP contribution < -0.4 is 5.32 Å². The normalized spacial score (nSPS) is 24.6. The highest BCUT2D eigenvalue weighted by Gasteiger charge is 2.46. The first-order valence-corrected chi connectivity index (χ1v) is 10.3. The highest BCUT2D eigenvalue weighted by atomic mass is 35.5. The molecule has 0 unspecified atom stereocenters. The number of imidazole rings is 1. The zero-order valence-electron chi connectivity index (χ0n) is 14.0. The number of aryl methyl sites for hydroxylation is 1. The molecule has 1 aliphatic heterocycles. The minimum atomic E-state index is -3.55.